The zero-order chi connectivity index (χ0) is 18.2. The third kappa shape index (κ3) is 4.23. The van der Waals surface area contributed by atoms with E-state index in [2.05, 4.69) is 34.9 Å². The number of aryl methyl sites for hydroxylation is 1. The van der Waals surface area contributed by atoms with Gasteiger partial charge in [-0.2, -0.15) is 11.8 Å². The molecule has 144 valence electrons. The van der Waals surface area contributed by atoms with Crippen molar-refractivity contribution in [2.45, 2.75) is 56.8 Å². The van der Waals surface area contributed by atoms with E-state index in [-0.39, 0.29) is 18.8 Å². The summed E-state index contributed by atoms with van der Waals surface area (Å²) in [4.78, 5) is 2.62. The number of rotatable bonds is 5. The number of hydrogen-bond donors (Lipinski definition) is 0. The molecule has 0 atom stereocenters. The Labute approximate surface area is 164 Å². The van der Waals surface area contributed by atoms with Crippen LogP contribution in [0.25, 0.3) is 0 Å². The summed E-state index contributed by atoms with van der Waals surface area (Å²) in [6.07, 6.45) is 4.65. The molecule has 2 saturated heterocycles. The van der Waals surface area contributed by atoms with Crippen LogP contribution in [-0.2, 0) is 6.42 Å². The summed E-state index contributed by atoms with van der Waals surface area (Å²) in [6.45, 7) is 3.71. The van der Waals surface area contributed by atoms with E-state index in [1.54, 1.807) is 0 Å². The first-order valence-corrected chi connectivity index (χ1v) is 11.4. The van der Waals surface area contributed by atoms with Gasteiger partial charge in [0.2, 0.25) is 5.92 Å². The van der Waals surface area contributed by atoms with Crippen LogP contribution in [0.2, 0.25) is 5.02 Å². The molecule has 0 bridgehead atoms. The molecule has 0 amide bonds. The molecular formula is C21H28ClF2NS. The van der Waals surface area contributed by atoms with Crippen LogP contribution in [0.4, 0.5) is 8.78 Å². The number of thioether (sulfide) groups is 1. The van der Waals surface area contributed by atoms with Crippen molar-refractivity contribution >= 4 is 23.4 Å². The van der Waals surface area contributed by atoms with Gasteiger partial charge in [-0.05, 0) is 68.3 Å². The van der Waals surface area contributed by atoms with E-state index < -0.39 is 5.92 Å². The molecule has 1 aromatic carbocycles. The Morgan fingerprint density at radius 1 is 1.15 bits per heavy atom. The molecule has 0 N–H and O–H groups in total. The fourth-order valence-electron chi connectivity index (χ4n) is 4.76. The first-order valence-electron chi connectivity index (χ1n) is 9.91. The van der Waals surface area contributed by atoms with Crippen LogP contribution in [0.5, 0.6) is 0 Å². The average Bonchev–Trinajstić information content (AvgIpc) is 3.01. The van der Waals surface area contributed by atoms with Gasteiger partial charge < -0.3 is 4.90 Å². The van der Waals surface area contributed by atoms with Crippen LogP contribution >= 0.6 is 23.4 Å². The molecular weight excluding hydrogens is 372 g/mol. The Hall–Kier alpha value is -0.320. The minimum absolute atomic E-state index is 0.00835. The van der Waals surface area contributed by atoms with E-state index in [0.29, 0.717) is 18.3 Å². The van der Waals surface area contributed by atoms with E-state index in [9.17, 15) is 8.78 Å². The van der Waals surface area contributed by atoms with Crippen molar-refractivity contribution in [2.75, 3.05) is 31.1 Å². The maximum atomic E-state index is 13.4. The summed E-state index contributed by atoms with van der Waals surface area (Å²) >= 11 is 8.59. The summed E-state index contributed by atoms with van der Waals surface area (Å²) in [5, 5.41) is 0.768. The van der Waals surface area contributed by atoms with Gasteiger partial charge in [-0.3, -0.25) is 0 Å². The summed E-state index contributed by atoms with van der Waals surface area (Å²) < 4.78 is 26.7. The molecule has 1 aliphatic carbocycles. The molecule has 1 nitrogen and oxygen atoms in total. The molecule has 0 aromatic heterocycles. The molecule has 2 aliphatic heterocycles. The Bertz CT molecular complexity index is 637. The van der Waals surface area contributed by atoms with Gasteiger partial charge in [-0.25, -0.2) is 8.78 Å². The van der Waals surface area contributed by atoms with E-state index >= 15 is 0 Å². The Morgan fingerprint density at radius 2 is 1.92 bits per heavy atom. The molecule has 4 rings (SSSR count). The lowest BCUT2D eigenvalue weighted by Crippen LogP contribution is -2.38. The molecule has 2 heterocycles. The van der Waals surface area contributed by atoms with Gasteiger partial charge in [0.25, 0.3) is 0 Å². The second-order valence-electron chi connectivity index (χ2n) is 8.61. The quantitative estimate of drug-likeness (QED) is 0.596. The van der Waals surface area contributed by atoms with Crippen molar-refractivity contribution in [1.29, 1.82) is 0 Å². The maximum absolute atomic E-state index is 13.4. The number of benzene rings is 1. The van der Waals surface area contributed by atoms with Crippen LogP contribution in [0.3, 0.4) is 0 Å². The Kier molecular flexibility index (Phi) is 5.56. The Morgan fingerprint density at radius 3 is 2.54 bits per heavy atom. The molecule has 3 aliphatic rings. The van der Waals surface area contributed by atoms with E-state index in [1.807, 2.05) is 0 Å². The molecule has 5 heteroatoms. The minimum Gasteiger partial charge on any atom is -0.303 e. The SMILES string of the molecule is FC1(F)CCC(c2ccc(CCCN3CCC4(CSC4)C3)cc2Cl)CC1. The van der Waals surface area contributed by atoms with Crippen molar-refractivity contribution in [3.63, 3.8) is 0 Å². The maximum Gasteiger partial charge on any atom is 0.248 e. The van der Waals surface area contributed by atoms with Crippen molar-refractivity contribution < 1.29 is 8.78 Å². The number of alkyl halides is 2. The molecule has 1 aromatic rings. The highest BCUT2D eigenvalue weighted by atomic mass is 35.5. The van der Waals surface area contributed by atoms with Gasteiger partial charge in [0.15, 0.2) is 0 Å². The van der Waals surface area contributed by atoms with E-state index in [0.717, 1.165) is 23.4 Å². The zero-order valence-electron chi connectivity index (χ0n) is 15.3. The lowest BCUT2D eigenvalue weighted by molar-refractivity contribution is -0.0382. The van der Waals surface area contributed by atoms with E-state index in [1.165, 1.54) is 43.1 Å². The van der Waals surface area contributed by atoms with Gasteiger partial charge in [0, 0.05) is 41.3 Å². The van der Waals surface area contributed by atoms with Gasteiger partial charge in [0.05, 0.1) is 0 Å². The summed E-state index contributed by atoms with van der Waals surface area (Å²) in [7, 11) is 0. The number of likely N-dealkylation sites (tertiary alicyclic amines) is 1. The van der Waals surface area contributed by atoms with Crippen LogP contribution < -0.4 is 0 Å². The molecule has 3 fully saturated rings. The normalized spacial score (nSPS) is 25.5. The smallest absolute Gasteiger partial charge is 0.248 e. The predicted octanol–water partition coefficient (Wildman–Crippen LogP) is 6.00. The third-order valence-electron chi connectivity index (χ3n) is 6.50. The monoisotopic (exact) mass is 399 g/mol. The van der Waals surface area contributed by atoms with Crippen molar-refractivity contribution in [2.24, 2.45) is 5.41 Å². The fraction of sp³-hybridized carbons (Fsp3) is 0.714. The number of halogens is 3. The Balaban J connectivity index is 1.26. The molecule has 0 radical (unpaired) electrons. The number of hydrogen-bond acceptors (Lipinski definition) is 2. The summed E-state index contributed by atoms with van der Waals surface area (Å²) in [6, 6.07) is 6.31. The third-order valence-corrected chi connectivity index (χ3v) is 8.46. The zero-order valence-corrected chi connectivity index (χ0v) is 16.9. The van der Waals surface area contributed by atoms with Gasteiger partial charge in [-0.1, -0.05) is 23.7 Å². The van der Waals surface area contributed by atoms with Gasteiger partial charge in [-0.15, -0.1) is 0 Å². The van der Waals surface area contributed by atoms with Crippen molar-refractivity contribution in [3.8, 4) is 0 Å². The predicted molar refractivity (Wildman–Crippen MR) is 107 cm³/mol. The van der Waals surface area contributed by atoms with Crippen LogP contribution in [0.15, 0.2) is 18.2 Å². The molecule has 1 spiro atoms. The van der Waals surface area contributed by atoms with Crippen LogP contribution in [0, 0.1) is 5.41 Å². The molecule has 0 unspecified atom stereocenters. The minimum atomic E-state index is -2.48. The highest BCUT2D eigenvalue weighted by Crippen LogP contribution is 2.45. The standard InChI is InChI=1S/C21H28ClF2NS/c22-19-12-16(2-1-10-25-11-9-20(13-25)14-26-15-20)3-4-18(19)17-5-7-21(23,24)8-6-17/h3-4,12,17H,1-2,5-11,13-15H2. The largest absolute Gasteiger partial charge is 0.303 e. The first kappa shape index (κ1) is 19.0. The number of nitrogens with zero attached hydrogens (tertiary/aromatic N) is 1. The van der Waals surface area contributed by atoms with E-state index in [4.69, 9.17) is 11.6 Å². The van der Waals surface area contributed by atoms with Crippen LogP contribution in [-0.4, -0.2) is 42.0 Å². The summed E-state index contributed by atoms with van der Waals surface area (Å²) in [5.74, 6) is 0.425. The van der Waals surface area contributed by atoms with Crippen molar-refractivity contribution in [3.05, 3.63) is 34.3 Å². The van der Waals surface area contributed by atoms with Crippen molar-refractivity contribution in [1.82, 2.24) is 4.90 Å². The highest BCUT2D eigenvalue weighted by Gasteiger charge is 2.43. The second-order valence-corrected chi connectivity index (χ2v) is 10.0. The average molecular weight is 400 g/mol. The lowest BCUT2D eigenvalue weighted by Gasteiger charge is -2.37. The van der Waals surface area contributed by atoms with Gasteiger partial charge >= 0.3 is 0 Å². The summed E-state index contributed by atoms with van der Waals surface area (Å²) in [5.41, 5.74) is 2.98. The lowest BCUT2D eigenvalue weighted by atomic mass is 9.82. The highest BCUT2D eigenvalue weighted by molar-refractivity contribution is 8.00. The molecule has 26 heavy (non-hydrogen) atoms. The van der Waals surface area contributed by atoms with Gasteiger partial charge in [0.1, 0.15) is 0 Å². The van der Waals surface area contributed by atoms with Crippen LogP contribution in [0.1, 0.15) is 55.6 Å². The fourth-order valence-corrected chi connectivity index (χ4v) is 6.37. The molecule has 1 saturated carbocycles. The first-order chi connectivity index (χ1) is 12.4. The topological polar surface area (TPSA) is 3.24 Å². The second kappa shape index (κ2) is 7.60.